The summed E-state index contributed by atoms with van der Waals surface area (Å²) in [6.45, 7) is -0.108. The third-order valence-corrected chi connectivity index (χ3v) is 1.98. The van der Waals surface area contributed by atoms with Gasteiger partial charge in [0.2, 0.25) is 0 Å². The van der Waals surface area contributed by atoms with E-state index in [0.29, 0.717) is 32.1 Å². The van der Waals surface area contributed by atoms with Gasteiger partial charge in [0, 0.05) is 6.61 Å². The monoisotopic (exact) mass is 192 g/mol. The third-order valence-electron chi connectivity index (χ3n) is 1.98. The van der Waals surface area contributed by atoms with Crippen molar-refractivity contribution in [2.24, 2.45) is 0 Å². The molecular formula is C9H20O4. The molecule has 0 fully saturated rings. The van der Waals surface area contributed by atoms with Crippen LogP contribution in [0.3, 0.4) is 0 Å². The van der Waals surface area contributed by atoms with Crippen molar-refractivity contribution >= 4 is 0 Å². The van der Waals surface area contributed by atoms with Crippen molar-refractivity contribution in [2.75, 3.05) is 13.2 Å². The van der Waals surface area contributed by atoms with Gasteiger partial charge in [0.1, 0.15) is 0 Å². The molecule has 0 aliphatic heterocycles. The topological polar surface area (TPSA) is 80.9 Å². The summed E-state index contributed by atoms with van der Waals surface area (Å²) in [4.78, 5) is 0. The summed E-state index contributed by atoms with van der Waals surface area (Å²) in [6, 6.07) is 0. The van der Waals surface area contributed by atoms with E-state index in [-0.39, 0.29) is 13.2 Å². The average Bonchev–Trinajstić information content (AvgIpc) is 2.14. The maximum absolute atomic E-state index is 9.31. The van der Waals surface area contributed by atoms with E-state index in [0.717, 1.165) is 0 Å². The Hall–Kier alpha value is -0.160. The summed E-state index contributed by atoms with van der Waals surface area (Å²) in [7, 11) is 0. The lowest BCUT2D eigenvalue weighted by Gasteiger charge is -2.10. The van der Waals surface area contributed by atoms with Crippen molar-refractivity contribution in [1.29, 1.82) is 0 Å². The second-order valence-corrected chi connectivity index (χ2v) is 3.29. The van der Waals surface area contributed by atoms with Crippen LogP contribution in [0.1, 0.15) is 32.1 Å². The molecule has 2 unspecified atom stereocenters. The van der Waals surface area contributed by atoms with E-state index < -0.39 is 12.2 Å². The zero-order valence-electron chi connectivity index (χ0n) is 7.89. The number of aliphatic hydroxyl groups is 4. The first kappa shape index (κ1) is 12.8. The summed E-state index contributed by atoms with van der Waals surface area (Å²) < 4.78 is 0. The third kappa shape index (κ3) is 8.18. The van der Waals surface area contributed by atoms with Gasteiger partial charge in [-0.05, 0) is 32.1 Å². The van der Waals surface area contributed by atoms with Crippen molar-refractivity contribution in [3.05, 3.63) is 0 Å². The molecule has 0 spiro atoms. The fourth-order valence-corrected chi connectivity index (χ4v) is 1.15. The van der Waals surface area contributed by atoms with Gasteiger partial charge >= 0.3 is 0 Å². The molecule has 0 bridgehead atoms. The highest BCUT2D eigenvalue weighted by Gasteiger charge is 2.06. The zero-order chi connectivity index (χ0) is 10.1. The molecule has 0 aliphatic rings. The largest absolute Gasteiger partial charge is 0.396 e. The normalized spacial score (nSPS) is 15.7. The van der Waals surface area contributed by atoms with Crippen LogP contribution in [0.5, 0.6) is 0 Å². The van der Waals surface area contributed by atoms with Gasteiger partial charge in [-0.15, -0.1) is 0 Å². The second kappa shape index (κ2) is 8.44. The summed E-state index contributed by atoms with van der Waals surface area (Å²) in [6.07, 6.45) is 2.01. The fourth-order valence-electron chi connectivity index (χ4n) is 1.15. The Morgan fingerprint density at radius 3 is 1.85 bits per heavy atom. The van der Waals surface area contributed by atoms with Crippen LogP contribution in [0.2, 0.25) is 0 Å². The first-order chi connectivity index (χ1) is 6.20. The molecule has 0 radical (unpaired) electrons. The molecule has 0 rings (SSSR count). The van der Waals surface area contributed by atoms with Crippen LogP contribution < -0.4 is 0 Å². The van der Waals surface area contributed by atoms with Gasteiger partial charge in [-0.25, -0.2) is 0 Å². The predicted octanol–water partition coefficient (Wildman–Crippen LogP) is -0.357. The molecule has 4 nitrogen and oxygen atoms in total. The zero-order valence-corrected chi connectivity index (χ0v) is 7.89. The molecule has 0 amide bonds. The van der Waals surface area contributed by atoms with E-state index in [4.69, 9.17) is 15.3 Å². The number of rotatable bonds is 8. The van der Waals surface area contributed by atoms with E-state index in [1.165, 1.54) is 0 Å². The van der Waals surface area contributed by atoms with Gasteiger partial charge in [0.25, 0.3) is 0 Å². The lowest BCUT2D eigenvalue weighted by molar-refractivity contribution is 0.0783. The molecule has 13 heavy (non-hydrogen) atoms. The Morgan fingerprint density at radius 2 is 1.31 bits per heavy atom. The first-order valence-electron chi connectivity index (χ1n) is 4.78. The van der Waals surface area contributed by atoms with E-state index >= 15 is 0 Å². The standard InChI is InChI=1S/C9H20O4/c10-6-2-5-8(12)3-1-4-9(13)7-11/h8-13H,1-7H2. The molecular weight excluding hydrogens is 172 g/mol. The SMILES string of the molecule is OCCCC(O)CCCC(O)CO. The van der Waals surface area contributed by atoms with Crippen molar-refractivity contribution in [1.82, 2.24) is 0 Å². The van der Waals surface area contributed by atoms with Gasteiger partial charge in [-0.2, -0.15) is 0 Å². The van der Waals surface area contributed by atoms with Crippen LogP contribution in [0.25, 0.3) is 0 Å². The minimum absolute atomic E-state index is 0.107. The highest BCUT2D eigenvalue weighted by molar-refractivity contribution is 4.59. The van der Waals surface area contributed by atoms with E-state index in [2.05, 4.69) is 0 Å². The van der Waals surface area contributed by atoms with Crippen molar-refractivity contribution in [3.63, 3.8) is 0 Å². The van der Waals surface area contributed by atoms with Gasteiger partial charge in [0.15, 0.2) is 0 Å². The van der Waals surface area contributed by atoms with Crippen LogP contribution in [0.4, 0.5) is 0 Å². The summed E-state index contributed by atoms with van der Waals surface area (Å²) in [5.41, 5.74) is 0. The van der Waals surface area contributed by atoms with Gasteiger partial charge < -0.3 is 20.4 Å². The smallest absolute Gasteiger partial charge is 0.0771 e. The Bertz CT molecular complexity index is 108. The van der Waals surface area contributed by atoms with Crippen molar-refractivity contribution < 1.29 is 20.4 Å². The molecule has 0 saturated carbocycles. The lowest BCUT2D eigenvalue weighted by atomic mass is 10.1. The molecule has 0 heterocycles. The van der Waals surface area contributed by atoms with E-state index in [9.17, 15) is 5.11 Å². The molecule has 0 aromatic carbocycles. The molecule has 0 aromatic rings. The van der Waals surface area contributed by atoms with Crippen LogP contribution in [0, 0.1) is 0 Å². The summed E-state index contributed by atoms with van der Waals surface area (Å²) in [5.74, 6) is 0. The van der Waals surface area contributed by atoms with Gasteiger partial charge in [-0.3, -0.25) is 0 Å². The van der Waals surface area contributed by atoms with Crippen molar-refractivity contribution in [3.8, 4) is 0 Å². The quantitative estimate of drug-likeness (QED) is 0.423. The minimum atomic E-state index is -0.662. The molecule has 2 atom stereocenters. The summed E-state index contributed by atoms with van der Waals surface area (Å²) >= 11 is 0. The molecule has 0 saturated heterocycles. The van der Waals surface area contributed by atoms with Crippen molar-refractivity contribution in [2.45, 2.75) is 44.3 Å². The first-order valence-corrected chi connectivity index (χ1v) is 4.78. The van der Waals surface area contributed by atoms with E-state index in [1.54, 1.807) is 0 Å². The van der Waals surface area contributed by atoms with Gasteiger partial charge in [0.05, 0.1) is 18.8 Å². The van der Waals surface area contributed by atoms with Gasteiger partial charge in [-0.1, -0.05) is 0 Å². The Labute approximate surface area is 78.8 Å². The average molecular weight is 192 g/mol. The lowest BCUT2D eigenvalue weighted by Crippen LogP contribution is -2.13. The predicted molar refractivity (Wildman–Crippen MR) is 49.3 cm³/mol. The Morgan fingerprint density at radius 1 is 0.769 bits per heavy atom. The van der Waals surface area contributed by atoms with E-state index in [1.807, 2.05) is 0 Å². The Kier molecular flexibility index (Phi) is 8.33. The molecule has 4 N–H and O–H groups in total. The highest BCUT2D eigenvalue weighted by Crippen LogP contribution is 2.08. The number of hydrogen-bond acceptors (Lipinski definition) is 4. The highest BCUT2D eigenvalue weighted by atomic mass is 16.3. The van der Waals surface area contributed by atoms with Crippen LogP contribution in [0.15, 0.2) is 0 Å². The minimum Gasteiger partial charge on any atom is -0.396 e. The number of aliphatic hydroxyl groups excluding tert-OH is 4. The number of hydrogen-bond donors (Lipinski definition) is 4. The second-order valence-electron chi connectivity index (χ2n) is 3.29. The Balaban J connectivity index is 3.21. The summed E-state index contributed by atoms with van der Waals surface area (Å²) in [5, 5.41) is 35.3. The van der Waals surface area contributed by atoms with Crippen LogP contribution >= 0.6 is 0 Å². The molecule has 4 heteroatoms. The van der Waals surface area contributed by atoms with Crippen LogP contribution in [-0.4, -0.2) is 45.8 Å². The maximum Gasteiger partial charge on any atom is 0.0771 e. The van der Waals surface area contributed by atoms with Crippen LogP contribution in [-0.2, 0) is 0 Å². The fraction of sp³-hybridized carbons (Fsp3) is 1.00. The molecule has 0 aromatic heterocycles. The molecule has 0 aliphatic carbocycles. The molecule has 80 valence electrons. The maximum atomic E-state index is 9.31.